The molecule has 3 heteroatoms. The van der Waals surface area contributed by atoms with Crippen molar-refractivity contribution < 1.29 is 0 Å². The minimum Gasteiger partial charge on any atom is -0.340 e. The van der Waals surface area contributed by atoms with Crippen molar-refractivity contribution in [1.29, 1.82) is 0 Å². The van der Waals surface area contributed by atoms with E-state index >= 15 is 0 Å². The second-order valence-electron chi connectivity index (χ2n) is 11.1. The molecule has 0 N–H and O–H groups in total. The van der Waals surface area contributed by atoms with Gasteiger partial charge in [0.15, 0.2) is 0 Å². The molecule has 0 aliphatic heterocycles. The lowest BCUT2D eigenvalue weighted by Gasteiger charge is -2.19. The third kappa shape index (κ3) is 3.91. The smallest absolute Gasteiger partial charge is 0.0491 e. The average Bonchev–Trinajstić information content (AvgIpc) is 3.38. The fourth-order valence-corrected chi connectivity index (χ4v) is 6.80. The van der Waals surface area contributed by atoms with Gasteiger partial charge in [-0.25, -0.2) is 0 Å². The second kappa shape index (κ2) is 7.74. The van der Waals surface area contributed by atoms with Crippen LogP contribution in [-0.4, -0.2) is 4.57 Å². The predicted octanol–water partition coefficient (Wildman–Crippen LogP) is 9.30. The van der Waals surface area contributed by atoms with Gasteiger partial charge in [0.25, 0.3) is 0 Å². The molecule has 5 aromatic rings. The van der Waals surface area contributed by atoms with Crippen LogP contribution in [0.15, 0.2) is 53.9 Å². The Morgan fingerprint density at radius 2 is 1.31 bits per heavy atom. The number of aryl methyl sites for hydroxylation is 2. The van der Waals surface area contributed by atoms with Crippen LogP contribution in [0.5, 0.6) is 0 Å². The molecule has 0 amide bonds. The zero-order valence-corrected chi connectivity index (χ0v) is 21.7. The van der Waals surface area contributed by atoms with Gasteiger partial charge in [-0.1, -0.05) is 53.7 Å². The molecule has 0 spiro atoms. The van der Waals surface area contributed by atoms with E-state index in [2.05, 4.69) is 100 Å². The Balaban J connectivity index is 1.55. The average molecular weight is 460 g/mol. The number of hydrogen-bond acceptors (Lipinski definition) is 2. The van der Waals surface area contributed by atoms with Crippen molar-refractivity contribution in [3.8, 4) is 0 Å². The highest BCUT2D eigenvalue weighted by Gasteiger charge is 2.20. The summed E-state index contributed by atoms with van der Waals surface area (Å²) in [6, 6.07) is 18.9. The van der Waals surface area contributed by atoms with Crippen molar-refractivity contribution in [2.24, 2.45) is 0 Å². The van der Waals surface area contributed by atoms with E-state index < -0.39 is 0 Å². The van der Waals surface area contributed by atoms with Gasteiger partial charge in [0.2, 0.25) is 0 Å². The van der Waals surface area contributed by atoms with Crippen LogP contribution in [0.25, 0.3) is 31.2 Å². The summed E-state index contributed by atoms with van der Waals surface area (Å²) in [5.41, 5.74) is 5.84. The maximum atomic E-state index is 2.56. The lowest BCUT2D eigenvalue weighted by molar-refractivity contribution is 0.590. The van der Waals surface area contributed by atoms with Crippen LogP contribution in [0, 0.1) is 0 Å². The second-order valence-corrected chi connectivity index (χ2v) is 13.2. The summed E-state index contributed by atoms with van der Waals surface area (Å²) in [5.74, 6) is 0. The minimum atomic E-state index is 0.149. The first kappa shape index (κ1) is 21.7. The van der Waals surface area contributed by atoms with Crippen molar-refractivity contribution in [1.82, 2.24) is 4.57 Å². The monoisotopic (exact) mass is 459 g/mol. The van der Waals surface area contributed by atoms with Crippen molar-refractivity contribution in [2.45, 2.75) is 71.8 Å². The zero-order valence-electron chi connectivity index (χ0n) is 20.1. The molecule has 3 heterocycles. The minimum absolute atomic E-state index is 0.149. The Labute approximate surface area is 199 Å². The Kier molecular flexibility index (Phi) is 5.26. The van der Waals surface area contributed by atoms with Crippen molar-refractivity contribution in [2.75, 3.05) is 0 Å². The van der Waals surface area contributed by atoms with Crippen LogP contribution in [0.2, 0.25) is 0 Å². The number of benzene rings is 2. The van der Waals surface area contributed by atoms with E-state index in [9.17, 15) is 0 Å². The molecule has 0 aliphatic rings. The first-order valence-corrected chi connectivity index (χ1v) is 13.3. The van der Waals surface area contributed by atoms with Gasteiger partial charge >= 0.3 is 0 Å². The molecule has 0 saturated heterocycles. The van der Waals surface area contributed by atoms with Gasteiger partial charge in [-0.3, -0.25) is 0 Å². The third-order valence-electron chi connectivity index (χ3n) is 6.59. The molecule has 2 aromatic carbocycles. The van der Waals surface area contributed by atoms with E-state index in [1.165, 1.54) is 47.2 Å². The van der Waals surface area contributed by atoms with Gasteiger partial charge in [-0.15, -0.1) is 22.7 Å². The van der Waals surface area contributed by atoms with Crippen LogP contribution in [0.1, 0.15) is 64.0 Å². The Bertz CT molecular complexity index is 1310. The number of fused-ring (bicyclic) bond motifs is 4. The van der Waals surface area contributed by atoms with Crippen molar-refractivity contribution in [3.05, 3.63) is 69.9 Å². The number of hydrogen-bond donors (Lipinski definition) is 0. The summed E-state index contributed by atoms with van der Waals surface area (Å²) in [6.45, 7) is 14.9. The molecule has 5 rings (SSSR count). The fourth-order valence-electron chi connectivity index (χ4n) is 4.63. The number of aromatic nitrogens is 1. The molecule has 32 heavy (non-hydrogen) atoms. The summed E-state index contributed by atoms with van der Waals surface area (Å²) in [6.07, 6.45) is 2.31. The SMILES string of the molecule is CC(C)(C)c1ccc2c(c1)c1cc(C(C)(C)C)ccc1n2CCCc1cc2sccc2s1. The summed E-state index contributed by atoms with van der Waals surface area (Å²) in [7, 11) is 0. The molecule has 0 saturated carbocycles. The normalized spacial score (nSPS) is 13.1. The number of nitrogens with zero attached hydrogens (tertiary/aromatic N) is 1. The molecule has 0 aliphatic carbocycles. The maximum Gasteiger partial charge on any atom is 0.0491 e. The van der Waals surface area contributed by atoms with E-state index in [1.807, 2.05) is 22.7 Å². The summed E-state index contributed by atoms with van der Waals surface area (Å²) >= 11 is 3.81. The molecule has 0 fully saturated rings. The van der Waals surface area contributed by atoms with Crippen molar-refractivity contribution in [3.63, 3.8) is 0 Å². The van der Waals surface area contributed by atoms with Crippen LogP contribution < -0.4 is 0 Å². The Hall–Kier alpha value is -2.10. The molecular weight excluding hydrogens is 426 g/mol. The molecular formula is C29H33NS2. The van der Waals surface area contributed by atoms with Crippen molar-refractivity contribution >= 4 is 53.9 Å². The zero-order chi connectivity index (χ0) is 22.7. The maximum absolute atomic E-state index is 2.56. The first-order chi connectivity index (χ1) is 15.1. The molecule has 1 nitrogen and oxygen atoms in total. The van der Waals surface area contributed by atoms with E-state index in [0.29, 0.717) is 0 Å². The van der Waals surface area contributed by atoms with Gasteiger partial charge in [-0.05, 0) is 76.6 Å². The lowest BCUT2D eigenvalue weighted by atomic mass is 9.85. The van der Waals surface area contributed by atoms with E-state index in [4.69, 9.17) is 0 Å². The third-order valence-corrected chi connectivity index (χ3v) is 8.75. The number of rotatable bonds is 4. The van der Waals surface area contributed by atoms with Gasteiger partial charge in [0, 0.05) is 42.6 Å². The summed E-state index contributed by atoms with van der Waals surface area (Å²) in [4.78, 5) is 1.51. The van der Waals surface area contributed by atoms with E-state index in [0.717, 1.165) is 19.4 Å². The Morgan fingerprint density at radius 1 is 0.719 bits per heavy atom. The standard InChI is InChI=1S/C29H33NS2/c1-28(2,3)19-9-11-24-22(16-19)23-17-20(29(4,5)6)10-12-25(23)30(24)14-7-8-21-18-27-26(32-21)13-15-31-27/h9-13,15-18H,7-8,14H2,1-6H3. The highest BCUT2D eigenvalue weighted by Crippen LogP contribution is 2.36. The van der Waals surface area contributed by atoms with Gasteiger partial charge in [0.1, 0.15) is 0 Å². The molecule has 166 valence electrons. The Morgan fingerprint density at radius 3 is 1.84 bits per heavy atom. The van der Waals surface area contributed by atoms with Gasteiger partial charge < -0.3 is 4.57 Å². The quantitative estimate of drug-likeness (QED) is 0.252. The molecule has 0 bridgehead atoms. The van der Waals surface area contributed by atoms with Crippen LogP contribution in [-0.2, 0) is 23.8 Å². The summed E-state index contributed by atoms with van der Waals surface area (Å²) < 4.78 is 5.43. The highest BCUT2D eigenvalue weighted by molar-refractivity contribution is 7.26. The van der Waals surface area contributed by atoms with E-state index in [1.54, 1.807) is 0 Å². The molecule has 0 unspecified atom stereocenters. The molecule has 0 atom stereocenters. The largest absolute Gasteiger partial charge is 0.340 e. The topological polar surface area (TPSA) is 4.93 Å². The first-order valence-electron chi connectivity index (χ1n) is 11.6. The van der Waals surface area contributed by atoms with Crippen LogP contribution >= 0.6 is 22.7 Å². The predicted molar refractivity (Wildman–Crippen MR) is 145 cm³/mol. The highest BCUT2D eigenvalue weighted by atomic mass is 32.1. The molecule has 0 radical (unpaired) electrons. The summed E-state index contributed by atoms with van der Waals surface area (Å²) in [5, 5.41) is 4.99. The number of thiophene rings is 2. The van der Waals surface area contributed by atoms with Gasteiger partial charge in [0.05, 0.1) is 0 Å². The fraction of sp³-hybridized carbons (Fsp3) is 0.379. The molecule has 3 aromatic heterocycles. The van der Waals surface area contributed by atoms with Crippen LogP contribution in [0.4, 0.5) is 0 Å². The lowest BCUT2D eigenvalue weighted by Crippen LogP contribution is -2.10. The van der Waals surface area contributed by atoms with Gasteiger partial charge in [-0.2, -0.15) is 0 Å². The van der Waals surface area contributed by atoms with E-state index in [-0.39, 0.29) is 10.8 Å². The van der Waals surface area contributed by atoms with Crippen LogP contribution in [0.3, 0.4) is 0 Å².